The van der Waals surface area contributed by atoms with Crippen LogP contribution in [-0.4, -0.2) is 12.2 Å². The van der Waals surface area contributed by atoms with E-state index in [1.165, 1.54) is 0 Å². The molecule has 4 heteroatoms. The molecular weight excluding hydrogens is 352 g/mol. The molecule has 0 saturated heterocycles. The highest BCUT2D eigenvalue weighted by atomic mass is 16.5. The average Bonchev–Trinajstić information content (AvgIpc) is 2.77. The molecule has 0 bridgehead atoms. The molecular formula is C24H26O4. The third-order valence-electron chi connectivity index (χ3n) is 4.55. The zero-order valence-electron chi connectivity index (χ0n) is 16.3. The van der Waals surface area contributed by atoms with Crippen molar-refractivity contribution in [1.82, 2.24) is 0 Å². The molecule has 1 unspecified atom stereocenters. The smallest absolute Gasteiger partial charge is 0.167 e. The molecule has 0 aliphatic rings. The highest BCUT2D eigenvalue weighted by Gasteiger charge is 2.19. The van der Waals surface area contributed by atoms with Crippen LogP contribution in [0.2, 0.25) is 0 Å². The Morgan fingerprint density at radius 1 is 0.929 bits per heavy atom. The lowest BCUT2D eigenvalue weighted by Crippen LogP contribution is -2.09. The molecule has 0 aromatic heterocycles. The van der Waals surface area contributed by atoms with Gasteiger partial charge in [0.15, 0.2) is 11.5 Å². The van der Waals surface area contributed by atoms with Crippen LogP contribution in [0.5, 0.6) is 17.2 Å². The number of aliphatic hydroxyl groups is 1. The van der Waals surface area contributed by atoms with Crippen LogP contribution < -0.4 is 14.2 Å². The van der Waals surface area contributed by atoms with Crippen LogP contribution in [0.25, 0.3) is 0 Å². The molecule has 0 radical (unpaired) electrons. The van der Waals surface area contributed by atoms with Crippen molar-refractivity contribution in [3.05, 3.63) is 89.5 Å². The SMILES string of the molecule is CCC(Oc1c(CO)cc(OCc2ccccc2)cc1OC)c1ccccc1. The van der Waals surface area contributed by atoms with Crippen molar-refractivity contribution in [2.75, 3.05) is 7.11 Å². The summed E-state index contributed by atoms with van der Waals surface area (Å²) in [7, 11) is 1.59. The Labute approximate surface area is 166 Å². The van der Waals surface area contributed by atoms with Gasteiger partial charge in [-0.2, -0.15) is 0 Å². The summed E-state index contributed by atoms with van der Waals surface area (Å²) < 4.78 is 17.7. The van der Waals surface area contributed by atoms with E-state index in [0.717, 1.165) is 17.5 Å². The van der Waals surface area contributed by atoms with Crippen molar-refractivity contribution in [1.29, 1.82) is 0 Å². The minimum atomic E-state index is -0.167. The fraction of sp³-hybridized carbons (Fsp3) is 0.250. The molecule has 0 amide bonds. The highest BCUT2D eigenvalue weighted by Crippen LogP contribution is 2.39. The summed E-state index contributed by atoms with van der Waals surface area (Å²) in [6.07, 6.45) is 0.668. The van der Waals surface area contributed by atoms with Gasteiger partial charge in [0.05, 0.1) is 13.7 Å². The molecule has 0 aliphatic heterocycles. The minimum absolute atomic E-state index is 0.128. The molecule has 28 heavy (non-hydrogen) atoms. The van der Waals surface area contributed by atoms with Crippen molar-refractivity contribution < 1.29 is 19.3 Å². The molecule has 3 aromatic rings. The van der Waals surface area contributed by atoms with E-state index in [-0.39, 0.29) is 12.7 Å². The summed E-state index contributed by atoms with van der Waals surface area (Å²) in [5, 5.41) is 9.91. The average molecular weight is 378 g/mol. The minimum Gasteiger partial charge on any atom is -0.493 e. The third-order valence-corrected chi connectivity index (χ3v) is 4.55. The Bertz CT molecular complexity index is 837. The summed E-state index contributed by atoms with van der Waals surface area (Å²) in [6, 6.07) is 23.6. The largest absolute Gasteiger partial charge is 0.493 e. The van der Waals surface area contributed by atoms with Crippen LogP contribution in [0.3, 0.4) is 0 Å². The van der Waals surface area contributed by atoms with Gasteiger partial charge in [0.2, 0.25) is 0 Å². The van der Waals surface area contributed by atoms with E-state index in [2.05, 4.69) is 6.92 Å². The second kappa shape index (κ2) is 9.81. The van der Waals surface area contributed by atoms with Gasteiger partial charge >= 0.3 is 0 Å². The zero-order chi connectivity index (χ0) is 19.8. The number of aliphatic hydroxyl groups excluding tert-OH is 1. The molecule has 3 aromatic carbocycles. The maximum absolute atomic E-state index is 9.91. The molecule has 4 nitrogen and oxygen atoms in total. The van der Waals surface area contributed by atoms with E-state index >= 15 is 0 Å². The maximum Gasteiger partial charge on any atom is 0.167 e. The van der Waals surface area contributed by atoms with Gasteiger partial charge < -0.3 is 19.3 Å². The molecule has 3 rings (SSSR count). The van der Waals surface area contributed by atoms with Gasteiger partial charge in [-0.1, -0.05) is 67.6 Å². The van der Waals surface area contributed by atoms with Gasteiger partial charge in [-0.3, -0.25) is 0 Å². The molecule has 0 spiro atoms. The van der Waals surface area contributed by atoms with Gasteiger partial charge in [0.1, 0.15) is 18.5 Å². The molecule has 1 atom stereocenters. The van der Waals surface area contributed by atoms with Gasteiger partial charge in [-0.25, -0.2) is 0 Å². The summed E-state index contributed by atoms with van der Waals surface area (Å²) in [5.74, 6) is 1.72. The summed E-state index contributed by atoms with van der Waals surface area (Å²) >= 11 is 0. The highest BCUT2D eigenvalue weighted by molar-refractivity contribution is 5.52. The van der Waals surface area contributed by atoms with E-state index in [0.29, 0.717) is 29.4 Å². The summed E-state index contributed by atoms with van der Waals surface area (Å²) in [6.45, 7) is 2.34. The maximum atomic E-state index is 9.91. The molecule has 0 fully saturated rings. The van der Waals surface area contributed by atoms with Crippen LogP contribution >= 0.6 is 0 Å². The van der Waals surface area contributed by atoms with Crippen LogP contribution in [0.1, 0.15) is 36.1 Å². The Kier molecular flexibility index (Phi) is 6.93. The van der Waals surface area contributed by atoms with Gasteiger partial charge in [0.25, 0.3) is 0 Å². The van der Waals surface area contributed by atoms with Crippen LogP contribution in [-0.2, 0) is 13.2 Å². The van der Waals surface area contributed by atoms with Crippen molar-refractivity contribution in [2.24, 2.45) is 0 Å². The second-order valence-electron chi connectivity index (χ2n) is 6.47. The third kappa shape index (κ3) is 4.84. The van der Waals surface area contributed by atoms with E-state index < -0.39 is 0 Å². The van der Waals surface area contributed by atoms with Crippen LogP contribution in [0.15, 0.2) is 72.8 Å². The Morgan fingerprint density at radius 3 is 2.21 bits per heavy atom. The molecule has 0 aliphatic carbocycles. The summed E-state index contributed by atoms with van der Waals surface area (Å²) in [5.41, 5.74) is 2.79. The molecule has 1 N–H and O–H groups in total. The predicted octanol–water partition coefficient (Wildman–Crippen LogP) is 5.30. The quantitative estimate of drug-likeness (QED) is 0.549. The first-order chi connectivity index (χ1) is 13.7. The van der Waals surface area contributed by atoms with Crippen molar-refractivity contribution in [2.45, 2.75) is 32.7 Å². The number of hydrogen-bond donors (Lipinski definition) is 1. The number of hydrogen-bond acceptors (Lipinski definition) is 4. The number of ether oxygens (including phenoxy) is 3. The van der Waals surface area contributed by atoms with E-state index in [1.807, 2.05) is 60.7 Å². The number of rotatable bonds is 9. The fourth-order valence-corrected chi connectivity index (χ4v) is 3.06. The van der Waals surface area contributed by atoms with E-state index in [4.69, 9.17) is 14.2 Å². The lowest BCUT2D eigenvalue weighted by atomic mass is 10.1. The van der Waals surface area contributed by atoms with Crippen molar-refractivity contribution in [3.8, 4) is 17.2 Å². The van der Waals surface area contributed by atoms with Crippen LogP contribution in [0, 0.1) is 0 Å². The fourth-order valence-electron chi connectivity index (χ4n) is 3.06. The normalized spacial score (nSPS) is 11.7. The van der Waals surface area contributed by atoms with Crippen LogP contribution in [0.4, 0.5) is 0 Å². The van der Waals surface area contributed by atoms with Crippen molar-refractivity contribution in [3.63, 3.8) is 0 Å². The standard InChI is InChI=1S/C24H26O4/c1-3-22(19-12-8-5-9-13-19)28-24-20(16-25)14-21(15-23(24)26-2)27-17-18-10-6-4-7-11-18/h4-15,22,25H,3,16-17H2,1-2H3. The molecule has 0 saturated carbocycles. The summed E-state index contributed by atoms with van der Waals surface area (Å²) in [4.78, 5) is 0. The lowest BCUT2D eigenvalue weighted by molar-refractivity contribution is 0.182. The predicted molar refractivity (Wildman–Crippen MR) is 110 cm³/mol. The van der Waals surface area contributed by atoms with Gasteiger partial charge in [-0.15, -0.1) is 0 Å². The van der Waals surface area contributed by atoms with Crippen molar-refractivity contribution >= 4 is 0 Å². The number of benzene rings is 3. The van der Waals surface area contributed by atoms with E-state index in [1.54, 1.807) is 19.2 Å². The Hall–Kier alpha value is -2.98. The topological polar surface area (TPSA) is 47.9 Å². The Morgan fingerprint density at radius 2 is 1.61 bits per heavy atom. The molecule has 0 heterocycles. The van der Waals surface area contributed by atoms with E-state index in [9.17, 15) is 5.11 Å². The number of methoxy groups -OCH3 is 1. The van der Waals surface area contributed by atoms with Gasteiger partial charge in [0, 0.05) is 11.6 Å². The Balaban J connectivity index is 1.84. The molecule has 146 valence electrons. The first kappa shape index (κ1) is 19.8. The van der Waals surface area contributed by atoms with Gasteiger partial charge in [-0.05, 0) is 23.6 Å². The second-order valence-corrected chi connectivity index (χ2v) is 6.47. The zero-order valence-corrected chi connectivity index (χ0v) is 16.3. The lowest BCUT2D eigenvalue weighted by Gasteiger charge is -2.22. The monoisotopic (exact) mass is 378 g/mol. The first-order valence-corrected chi connectivity index (χ1v) is 9.45. The first-order valence-electron chi connectivity index (χ1n) is 9.45.